The van der Waals surface area contributed by atoms with E-state index in [0.29, 0.717) is 5.69 Å². The van der Waals surface area contributed by atoms with Crippen LogP contribution in [0.1, 0.15) is 0 Å². The number of nitrogens with zero attached hydrogens (tertiary/aromatic N) is 1. The zero-order chi connectivity index (χ0) is 14.7. The number of nitrogens with one attached hydrogen (secondary N) is 1. The maximum Gasteiger partial charge on any atom is 0.261 e. The Bertz CT molecular complexity index is 826. The highest BCUT2D eigenvalue weighted by Gasteiger charge is 2.13. The Morgan fingerprint density at radius 1 is 0.810 bits per heavy atom. The Hall–Kier alpha value is -2.53. The number of aromatic nitrogens is 1. The third kappa shape index (κ3) is 2.98. The molecule has 2 aromatic carbocycles. The van der Waals surface area contributed by atoms with E-state index in [1.165, 1.54) is 0 Å². The number of sulfonamides is 1. The van der Waals surface area contributed by atoms with Gasteiger partial charge in [0.25, 0.3) is 10.0 Å². The molecule has 0 amide bonds. The molecule has 3 rings (SSSR count). The topological polar surface area (TPSA) is 51.1 Å². The quantitative estimate of drug-likeness (QED) is 0.803. The van der Waals surface area contributed by atoms with E-state index >= 15 is 0 Å². The fourth-order valence-corrected chi connectivity index (χ4v) is 3.12. The molecule has 0 bridgehead atoms. The average Bonchev–Trinajstić information content (AvgIpc) is 3.02. The Kier molecular flexibility index (Phi) is 3.50. The Balaban J connectivity index is 1.91. The Morgan fingerprint density at radius 3 is 2.24 bits per heavy atom. The van der Waals surface area contributed by atoms with Crippen LogP contribution in [0, 0.1) is 0 Å². The zero-order valence-corrected chi connectivity index (χ0v) is 12.0. The lowest BCUT2D eigenvalue weighted by molar-refractivity contribution is 0.601. The van der Waals surface area contributed by atoms with Crippen LogP contribution < -0.4 is 4.72 Å². The van der Waals surface area contributed by atoms with Gasteiger partial charge in [-0.25, -0.2) is 8.42 Å². The first kappa shape index (κ1) is 13.5. The summed E-state index contributed by atoms with van der Waals surface area (Å²) < 4.78 is 29.1. The molecular weight excluding hydrogens is 284 g/mol. The number of rotatable bonds is 4. The highest BCUT2D eigenvalue weighted by molar-refractivity contribution is 7.92. The molecule has 4 nitrogen and oxygen atoms in total. The fourth-order valence-electron chi connectivity index (χ4n) is 2.05. The molecule has 21 heavy (non-hydrogen) atoms. The van der Waals surface area contributed by atoms with E-state index in [1.54, 1.807) is 42.5 Å². The lowest BCUT2D eigenvalue weighted by Gasteiger charge is -2.10. The molecule has 0 atom stereocenters. The van der Waals surface area contributed by atoms with Crippen LogP contribution in [0.5, 0.6) is 0 Å². The number of anilines is 1. The SMILES string of the molecule is O=S(=O)(Nc1cccc(-n2cccc2)c1)c1ccccc1. The van der Waals surface area contributed by atoms with Crippen molar-refractivity contribution in [2.24, 2.45) is 0 Å². The van der Waals surface area contributed by atoms with Crippen LogP contribution in [-0.4, -0.2) is 13.0 Å². The molecule has 0 saturated carbocycles. The number of benzene rings is 2. The summed E-state index contributed by atoms with van der Waals surface area (Å²) in [6.07, 6.45) is 3.82. The van der Waals surface area contributed by atoms with Crippen LogP contribution in [0.3, 0.4) is 0 Å². The van der Waals surface area contributed by atoms with Gasteiger partial charge >= 0.3 is 0 Å². The second kappa shape index (κ2) is 5.46. The molecule has 0 spiro atoms. The summed E-state index contributed by atoms with van der Waals surface area (Å²) in [4.78, 5) is 0.247. The summed E-state index contributed by atoms with van der Waals surface area (Å²) in [5, 5.41) is 0. The molecule has 3 aromatic rings. The van der Waals surface area contributed by atoms with Gasteiger partial charge in [0.2, 0.25) is 0 Å². The minimum Gasteiger partial charge on any atom is -0.324 e. The van der Waals surface area contributed by atoms with Crippen molar-refractivity contribution in [1.82, 2.24) is 4.57 Å². The van der Waals surface area contributed by atoms with Gasteiger partial charge in [0.15, 0.2) is 0 Å². The van der Waals surface area contributed by atoms with Gasteiger partial charge in [-0.1, -0.05) is 24.3 Å². The second-order valence-corrected chi connectivity index (χ2v) is 6.24. The van der Waals surface area contributed by atoms with Gasteiger partial charge in [-0.15, -0.1) is 0 Å². The molecule has 0 aliphatic rings. The van der Waals surface area contributed by atoms with Gasteiger partial charge < -0.3 is 4.57 Å². The normalized spacial score (nSPS) is 11.2. The van der Waals surface area contributed by atoms with Crippen molar-refractivity contribution in [2.45, 2.75) is 4.90 Å². The third-order valence-electron chi connectivity index (χ3n) is 3.05. The first-order chi connectivity index (χ1) is 10.1. The van der Waals surface area contributed by atoms with E-state index in [-0.39, 0.29) is 4.90 Å². The van der Waals surface area contributed by atoms with Crippen molar-refractivity contribution in [1.29, 1.82) is 0 Å². The minimum absolute atomic E-state index is 0.247. The van der Waals surface area contributed by atoms with E-state index in [0.717, 1.165) is 5.69 Å². The second-order valence-electron chi connectivity index (χ2n) is 4.56. The van der Waals surface area contributed by atoms with Crippen molar-refractivity contribution in [3.63, 3.8) is 0 Å². The molecule has 0 saturated heterocycles. The van der Waals surface area contributed by atoms with Gasteiger partial charge in [0.05, 0.1) is 10.6 Å². The lowest BCUT2D eigenvalue weighted by atomic mass is 10.3. The molecule has 1 heterocycles. The molecule has 0 aliphatic carbocycles. The zero-order valence-electron chi connectivity index (χ0n) is 11.2. The predicted molar refractivity (Wildman–Crippen MR) is 83.0 cm³/mol. The molecule has 1 aromatic heterocycles. The van der Waals surface area contributed by atoms with Gasteiger partial charge in [0, 0.05) is 18.1 Å². The predicted octanol–water partition coefficient (Wildman–Crippen LogP) is 3.28. The molecule has 0 fully saturated rings. The standard InChI is InChI=1S/C16H14N2O2S/c19-21(20,16-9-2-1-3-10-16)17-14-7-6-8-15(13-14)18-11-4-5-12-18/h1-13,17H. The van der Waals surface area contributed by atoms with E-state index in [1.807, 2.05) is 41.2 Å². The van der Waals surface area contributed by atoms with Crippen LogP contribution >= 0.6 is 0 Å². The first-order valence-electron chi connectivity index (χ1n) is 6.46. The smallest absolute Gasteiger partial charge is 0.261 e. The van der Waals surface area contributed by atoms with Crippen LogP contribution in [0.15, 0.2) is 84.0 Å². The summed E-state index contributed by atoms with van der Waals surface area (Å²) in [5.74, 6) is 0. The monoisotopic (exact) mass is 298 g/mol. The summed E-state index contributed by atoms with van der Waals surface area (Å²) in [6.45, 7) is 0. The Labute approximate surface area is 123 Å². The van der Waals surface area contributed by atoms with Crippen molar-refractivity contribution in [3.05, 3.63) is 79.1 Å². The van der Waals surface area contributed by atoms with Crippen molar-refractivity contribution in [2.75, 3.05) is 4.72 Å². The van der Waals surface area contributed by atoms with Crippen LogP contribution in [0.25, 0.3) is 5.69 Å². The maximum atomic E-state index is 12.3. The van der Waals surface area contributed by atoms with Crippen LogP contribution in [0.2, 0.25) is 0 Å². The number of hydrogen-bond acceptors (Lipinski definition) is 2. The Morgan fingerprint density at radius 2 is 1.52 bits per heavy atom. The molecular formula is C16H14N2O2S. The molecule has 0 aliphatic heterocycles. The largest absolute Gasteiger partial charge is 0.324 e. The molecule has 1 N–H and O–H groups in total. The van der Waals surface area contributed by atoms with Gasteiger partial charge in [-0.3, -0.25) is 4.72 Å². The first-order valence-corrected chi connectivity index (χ1v) is 7.95. The minimum atomic E-state index is -3.56. The van der Waals surface area contributed by atoms with Crippen molar-refractivity contribution in [3.8, 4) is 5.69 Å². The van der Waals surface area contributed by atoms with Crippen LogP contribution in [-0.2, 0) is 10.0 Å². The highest BCUT2D eigenvalue weighted by Crippen LogP contribution is 2.19. The molecule has 0 radical (unpaired) electrons. The highest BCUT2D eigenvalue weighted by atomic mass is 32.2. The van der Waals surface area contributed by atoms with E-state index in [9.17, 15) is 8.42 Å². The van der Waals surface area contributed by atoms with Crippen molar-refractivity contribution >= 4 is 15.7 Å². The molecule has 106 valence electrons. The van der Waals surface area contributed by atoms with Crippen LogP contribution in [0.4, 0.5) is 5.69 Å². The average molecular weight is 298 g/mol. The third-order valence-corrected chi connectivity index (χ3v) is 4.45. The van der Waals surface area contributed by atoms with E-state index < -0.39 is 10.0 Å². The molecule has 0 unspecified atom stereocenters. The maximum absolute atomic E-state index is 12.3. The summed E-state index contributed by atoms with van der Waals surface area (Å²) in [7, 11) is -3.56. The van der Waals surface area contributed by atoms with Gasteiger partial charge in [-0.05, 0) is 42.5 Å². The van der Waals surface area contributed by atoms with E-state index in [4.69, 9.17) is 0 Å². The summed E-state index contributed by atoms with van der Waals surface area (Å²) in [5.41, 5.74) is 1.43. The number of hydrogen-bond donors (Lipinski definition) is 1. The summed E-state index contributed by atoms with van der Waals surface area (Å²) in [6, 6.07) is 19.4. The van der Waals surface area contributed by atoms with E-state index in [2.05, 4.69) is 4.72 Å². The van der Waals surface area contributed by atoms with Gasteiger partial charge in [0.1, 0.15) is 0 Å². The van der Waals surface area contributed by atoms with Crippen molar-refractivity contribution < 1.29 is 8.42 Å². The summed E-state index contributed by atoms with van der Waals surface area (Å²) >= 11 is 0. The van der Waals surface area contributed by atoms with Gasteiger partial charge in [-0.2, -0.15) is 0 Å². The lowest BCUT2D eigenvalue weighted by Crippen LogP contribution is -2.12. The fraction of sp³-hybridized carbons (Fsp3) is 0. The molecule has 5 heteroatoms.